The number of hydrogen-bond acceptors (Lipinski definition) is 6. The summed E-state index contributed by atoms with van der Waals surface area (Å²) < 4.78 is 30.0. The molecule has 176 valence electrons. The van der Waals surface area contributed by atoms with Crippen molar-refractivity contribution >= 4 is 52.5 Å². The Kier molecular flexibility index (Phi) is 8.83. The number of hydrazine groups is 1. The largest absolute Gasteiger partial charge is 0.452 e. The van der Waals surface area contributed by atoms with Crippen LogP contribution in [0.25, 0.3) is 0 Å². The number of ether oxygens (including phenoxy) is 1. The molecule has 7 nitrogen and oxygen atoms in total. The smallest absolute Gasteiger partial charge is 0.340 e. The third-order valence-electron chi connectivity index (χ3n) is 4.26. The number of amides is 2. The lowest BCUT2D eigenvalue weighted by molar-refractivity contribution is -0.125. The van der Waals surface area contributed by atoms with Crippen molar-refractivity contribution < 1.29 is 27.9 Å². The number of alkyl halides is 2. The number of rotatable bonds is 8. The number of hydrogen-bond donors (Lipinski definition) is 3. The van der Waals surface area contributed by atoms with E-state index in [1.54, 1.807) is 30.3 Å². The molecule has 34 heavy (non-hydrogen) atoms. The molecule has 0 aliphatic rings. The van der Waals surface area contributed by atoms with Gasteiger partial charge in [-0.05, 0) is 60.7 Å². The lowest BCUT2D eigenvalue weighted by Gasteiger charge is -2.12. The van der Waals surface area contributed by atoms with Gasteiger partial charge in [0.25, 0.3) is 17.6 Å². The molecule has 0 atom stereocenters. The normalized spacial score (nSPS) is 10.5. The van der Waals surface area contributed by atoms with Crippen molar-refractivity contribution in [2.75, 3.05) is 11.9 Å². The van der Waals surface area contributed by atoms with Gasteiger partial charge in [-0.15, -0.1) is 0 Å². The SMILES string of the molecule is O=C(COC(=O)c1ccccc1Nc1ccc(SC(F)F)cc1)NNC(=O)c1ccc(Cl)cc1. The molecule has 3 rings (SSSR count). The Bertz CT molecular complexity index is 1160. The Hall–Kier alpha value is -3.63. The topological polar surface area (TPSA) is 96.5 Å². The van der Waals surface area contributed by atoms with E-state index >= 15 is 0 Å². The summed E-state index contributed by atoms with van der Waals surface area (Å²) in [4.78, 5) is 36.8. The molecule has 11 heteroatoms. The maximum absolute atomic E-state index is 12.5. The number of esters is 1. The lowest BCUT2D eigenvalue weighted by Crippen LogP contribution is -2.43. The highest BCUT2D eigenvalue weighted by Crippen LogP contribution is 2.28. The first kappa shape index (κ1) is 25.0. The van der Waals surface area contributed by atoms with Crippen molar-refractivity contribution in [1.29, 1.82) is 0 Å². The maximum atomic E-state index is 12.5. The average molecular weight is 506 g/mol. The second-order valence-electron chi connectivity index (χ2n) is 6.66. The monoisotopic (exact) mass is 505 g/mol. The van der Waals surface area contributed by atoms with Gasteiger partial charge in [0.15, 0.2) is 6.61 Å². The van der Waals surface area contributed by atoms with Crippen LogP contribution in [0.3, 0.4) is 0 Å². The third-order valence-corrected chi connectivity index (χ3v) is 5.24. The molecule has 3 aromatic rings. The van der Waals surface area contributed by atoms with E-state index in [1.165, 1.54) is 42.5 Å². The molecule has 2 amide bonds. The number of para-hydroxylation sites is 1. The van der Waals surface area contributed by atoms with E-state index < -0.39 is 30.1 Å². The minimum atomic E-state index is -2.52. The lowest BCUT2D eigenvalue weighted by atomic mass is 10.1. The second-order valence-corrected chi connectivity index (χ2v) is 8.16. The minimum absolute atomic E-state index is 0.159. The van der Waals surface area contributed by atoms with Crippen molar-refractivity contribution in [2.45, 2.75) is 10.7 Å². The molecule has 3 N–H and O–H groups in total. The van der Waals surface area contributed by atoms with Crippen LogP contribution in [0.15, 0.2) is 77.7 Å². The van der Waals surface area contributed by atoms with Crippen LogP contribution < -0.4 is 16.2 Å². The number of nitrogens with one attached hydrogen (secondary N) is 3. The molecule has 0 unspecified atom stereocenters. The highest BCUT2D eigenvalue weighted by molar-refractivity contribution is 7.99. The van der Waals surface area contributed by atoms with E-state index in [-0.39, 0.29) is 11.1 Å². The summed E-state index contributed by atoms with van der Waals surface area (Å²) in [7, 11) is 0. The maximum Gasteiger partial charge on any atom is 0.340 e. The van der Waals surface area contributed by atoms with Crippen molar-refractivity contribution in [1.82, 2.24) is 10.9 Å². The average Bonchev–Trinajstić information content (AvgIpc) is 2.82. The molecule has 0 saturated heterocycles. The first-order chi connectivity index (χ1) is 16.3. The summed E-state index contributed by atoms with van der Waals surface area (Å²) in [5, 5.41) is 3.48. The molecule has 0 aliphatic carbocycles. The molecular weight excluding hydrogens is 488 g/mol. The zero-order valence-corrected chi connectivity index (χ0v) is 19.0. The Morgan fingerprint density at radius 2 is 1.59 bits per heavy atom. The molecule has 0 fully saturated rings. The minimum Gasteiger partial charge on any atom is -0.452 e. The van der Waals surface area contributed by atoms with Gasteiger partial charge in [0.1, 0.15) is 0 Å². The highest BCUT2D eigenvalue weighted by Gasteiger charge is 2.15. The van der Waals surface area contributed by atoms with Crippen LogP contribution >= 0.6 is 23.4 Å². The summed E-state index contributed by atoms with van der Waals surface area (Å²) in [5.41, 5.74) is 5.77. The highest BCUT2D eigenvalue weighted by atomic mass is 35.5. The Labute approximate surface area is 202 Å². The van der Waals surface area contributed by atoms with Crippen molar-refractivity contribution in [3.05, 3.63) is 88.9 Å². The summed E-state index contributed by atoms with van der Waals surface area (Å²) >= 11 is 6.20. The van der Waals surface area contributed by atoms with Crippen molar-refractivity contribution in [3.8, 4) is 0 Å². The fourth-order valence-corrected chi connectivity index (χ4v) is 3.32. The number of benzene rings is 3. The van der Waals surface area contributed by atoms with Crippen LogP contribution in [0.4, 0.5) is 20.2 Å². The Balaban J connectivity index is 1.53. The van der Waals surface area contributed by atoms with Crippen LogP contribution in [0.2, 0.25) is 5.02 Å². The van der Waals surface area contributed by atoms with Gasteiger partial charge in [0, 0.05) is 21.2 Å². The number of carbonyl (C=O) groups is 3. The van der Waals surface area contributed by atoms with Gasteiger partial charge in [0.05, 0.1) is 11.3 Å². The van der Waals surface area contributed by atoms with Gasteiger partial charge in [-0.1, -0.05) is 35.5 Å². The molecule has 0 radical (unpaired) electrons. The van der Waals surface area contributed by atoms with E-state index in [0.29, 0.717) is 33.1 Å². The van der Waals surface area contributed by atoms with Gasteiger partial charge >= 0.3 is 5.97 Å². The van der Waals surface area contributed by atoms with Gasteiger partial charge in [0.2, 0.25) is 0 Å². The molecule has 3 aromatic carbocycles. The Morgan fingerprint density at radius 3 is 2.26 bits per heavy atom. The summed E-state index contributed by atoms with van der Waals surface area (Å²) in [6, 6.07) is 18.7. The number of halogens is 3. The molecule has 0 aliphatic heterocycles. The number of carbonyl (C=O) groups excluding carboxylic acids is 3. The van der Waals surface area contributed by atoms with Crippen LogP contribution in [0.1, 0.15) is 20.7 Å². The second kappa shape index (κ2) is 12.0. The van der Waals surface area contributed by atoms with Crippen molar-refractivity contribution in [2.24, 2.45) is 0 Å². The summed E-state index contributed by atoms with van der Waals surface area (Å²) in [5.74, 6) is -4.60. The quantitative estimate of drug-likeness (QED) is 0.226. The van der Waals surface area contributed by atoms with Gasteiger partial charge in [-0.25, -0.2) is 4.79 Å². The van der Waals surface area contributed by atoms with Gasteiger partial charge in [-0.2, -0.15) is 8.78 Å². The standard InChI is InChI=1S/C23H18ClF2N3O4S/c24-15-7-5-14(6-8-15)21(31)29-28-20(30)13-33-22(32)18-3-1-2-4-19(18)27-16-9-11-17(12-10-16)34-23(25)26/h1-12,23,27H,13H2,(H,28,30)(H,29,31). The summed E-state index contributed by atoms with van der Waals surface area (Å²) in [6.45, 7) is -0.631. The fraction of sp³-hybridized carbons (Fsp3) is 0.0870. The summed E-state index contributed by atoms with van der Waals surface area (Å²) in [6.07, 6.45) is 0. The fourth-order valence-electron chi connectivity index (χ4n) is 2.69. The molecule has 0 spiro atoms. The van der Waals surface area contributed by atoms with E-state index in [4.69, 9.17) is 16.3 Å². The van der Waals surface area contributed by atoms with Gasteiger partial charge < -0.3 is 10.1 Å². The first-order valence-corrected chi connectivity index (χ1v) is 11.0. The molecule has 0 aromatic heterocycles. The zero-order valence-electron chi connectivity index (χ0n) is 17.4. The predicted octanol–water partition coefficient (Wildman–Crippen LogP) is 5.02. The molecular formula is C23H18ClF2N3O4S. The molecule has 0 heterocycles. The van der Waals surface area contributed by atoms with E-state index in [1.807, 2.05) is 0 Å². The number of anilines is 2. The Morgan fingerprint density at radius 1 is 0.912 bits per heavy atom. The van der Waals surface area contributed by atoms with Crippen molar-refractivity contribution in [3.63, 3.8) is 0 Å². The van der Waals surface area contributed by atoms with Crippen LogP contribution in [0.5, 0.6) is 0 Å². The van der Waals surface area contributed by atoms with Crippen LogP contribution in [0, 0.1) is 0 Å². The third kappa shape index (κ3) is 7.46. The predicted molar refractivity (Wildman–Crippen MR) is 125 cm³/mol. The molecule has 0 saturated carbocycles. The number of thioether (sulfide) groups is 1. The van der Waals surface area contributed by atoms with Gasteiger partial charge in [-0.3, -0.25) is 20.4 Å². The van der Waals surface area contributed by atoms with E-state index in [2.05, 4.69) is 16.2 Å². The van der Waals surface area contributed by atoms with E-state index in [9.17, 15) is 23.2 Å². The molecule has 0 bridgehead atoms. The van der Waals surface area contributed by atoms with Crippen LogP contribution in [-0.2, 0) is 9.53 Å². The van der Waals surface area contributed by atoms with E-state index in [0.717, 1.165) is 0 Å². The zero-order chi connectivity index (χ0) is 24.5. The van der Waals surface area contributed by atoms with Crippen LogP contribution in [-0.4, -0.2) is 30.1 Å². The first-order valence-electron chi connectivity index (χ1n) is 9.74.